The van der Waals surface area contributed by atoms with Gasteiger partial charge in [-0.05, 0) is 43.5 Å². The highest BCUT2D eigenvalue weighted by molar-refractivity contribution is 7.89. The zero-order valence-electron chi connectivity index (χ0n) is 16.8. The lowest BCUT2D eigenvalue weighted by molar-refractivity contribution is -0.139. The number of benzene rings is 1. The van der Waals surface area contributed by atoms with E-state index in [1.54, 1.807) is 14.2 Å². The van der Waals surface area contributed by atoms with Gasteiger partial charge in [0.05, 0.1) is 11.4 Å². The van der Waals surface area contributed by atoms with Gasteiger partial charge in [0.2, 0.25) is 21.8 Å². The van der Waals surface area contributed by atoms with E-state index in [9.17, 15) is 22.4 Å². The maximum absolute atomic E-state index is 13.0. The SMILES string of the molecule is COCCCNC(=O)CN(C)C(=O)C1CCN(S(=O)(=O)c2ccc(F)cc2)CC1. The summed E-state index contributed by atoms with van der Waals surface area (Å²) < 4.78 is 44.6. The highest BCUT2D eigenvalue weighted by Crippen LogP contribution is 2.25. The van der Waals surface area contributed by atoms with Crippen LogP contribution < -0.4 is 5.32 Å². The zero-order valence-corrected chi connectivity index (χ0v) is 17.6. The molecule has 1 aliphatic heterocycles. The predicted octanol–water partition coefficient (Wildman–Crippen LogP) is 0.838. The molecule has 1 aromatic rings. The van der Waals surface area contributed by atoms with Crippen molar-refractivity contribution in [2.75, 3.05) is 46.9 Å². The molecule has 0 aromatic heterocycles. The quantitative estimate of drug-likeness (QED) is 0.587. The first-order valence-corrected chi connectivity index (χ1v) is 11.0. The van der Waals surface area contributed by atoms with Crippen molar-refractivity contribution in [2.24, 2.45) is 5.92 Å². The average Bonchev–Trinajstić information content (AvgIpc) is 2.71. The summed E-state index contributed by atoms with van der Waals surface area (Å²) in [5.41, 5.74) is 0. The van der Waals surface area contributed by atoms with Gasteiger partial charge in [-0.15, -0.1) is 0 Å². The van der Waals surface area contributed by atoms with Crippen molar-refractivity contribution in [1.82, 2.24) is 14.5 Å². The normalized spacial score (nSPS) is 15.8. The number of methoxy groups -OCH3 is 1. The molecule has 1 fully saturated rings. The predicted molar refractivity (Wildman–Crippen MR) is 105 cm³/mol. The molecule has 1 aromatic carbocycles. The third kappa shape index (κ3) is 6.48. The molecule has 0 saturated carbocycles. The minimum atomic E-state index is -3.71. The number of sulfonamides is 1. The number of nitrogens with one attached hydrogen (secondary N) is 1. The van der Waals surface area contributed by atoms with Crippen molar-refractivity contribution in [3.63, 3.8) is 0 Å². The van der Waals surface area contributed by atoms with Gasteiger partial charge >= 0.3 is 0 Å². The lowest BCUT2D eigenvalue weighted by Crippen LogP contribution is -2.45. The molecule has 29 heavy (non-hydrogen) atoms. The zero-order chi connectivity index (χ0) is 21.4. The number of rotatable bonds is 9. The Balaban J connectivity index is 1.84. The molecule has 1 aliphatic rings. The van der Waals surface area contributed by atoms with Crippen LogP contribution in [0.25, 0.3) is 0 Å². The minimum Gasteiger partial charge on any atom is -0.385 e. The molecule has 0 atom stereocenters. The van der Waals surface area contributed by atoms with Crippen molar-refractivity contribution in [1.29, 1.82) is 0 Å². The molecule has 1 saturated heterocycles. The van der Waals surface area contributed by atoms with E-state index >= 15 is 0 Å². The van der Waals surface area contributed by atoms with E-state index in [1.807, 2.05) is 0 Å². The Labute approximate surface area is 171 Å². The number of nitrogens with zero attached hydrogens (tertiary/aromatic N) is 2. The molecule has 0 spiro atoms. The lowest BCUT2D eigenvalue weighted by Gasteiger charge is -2.32. The highest BCUT2D eigenvalue weighted by Gasteiger charge is 2.33. The fraction of sp³-hybridized carbons (Fsp3) is 0.579. The van der Waals surface area contributed by atoms with Crippen molar-refractivity contribution < 1.29 is 27.1 Å². The van der Waals surface area contributed by atoms with Crippen molar-refractivity contribution >= 4 is 21.8 Å². The molecule has 1 heterocycles. The fourth-order valence-electron chi connectivity index (χ4n) is 3.20. The highest BCUT2D eigenvalue weighted by atomic mass is 32.2. The second kappa shape index (κ2) is 10.7. The number of halogens is 1. The average molecular weight is 430 g/mol. The summed E-state index contributed by atoms with van der Waals surface area (Å²) in [7, 11) is -0.559. The van der Waals surface area contributed by atoms with E-state index in [0.29, 0.717) is 32.4 Å². The molecular weight excluding hydrogens is 401 g/mol. The van der Waals surface area contributed by atoms with Gasteiger partial charge in [-0.1, -0.05) is 0 Å². The minimum absolute atomic E-state index is 0.0333. The van der Waals surface area contributed by atoms with E-state index in [0.717, 1.165) is 12.1 Å². The Morgan fingerprint density at radius 2 is 1.86 bits per heavy atom. The van der Waals surface area contributed by atoms with Crippen LogP contribution in [0.3, 0.4) is 0 Å². The van der Waals surface area contributed by atoms with Gasteiger partial charge in [0.15, 0.2) is 0 Å². The molecule has 8 nitrogen and oxygen atoms in total. The largest absolute Gasteiger partial charge is 0.385 e. The van der Waals surface area contributed by atoms with Crippen LogP contribution in [0.4, 0.5) is 4.39 Å². The van der Waals surface area contributed by atoms with Crippen LogP contribution in [-0.2, 0) is 24.3 Å². The van der Waals surface area contributed by atoms with E-state index in [4.69, 9.17) is 4.74 Å². The van der Waals surface area contributed by atoms with Gasteiger partial charge in [-0.2, -0.15) is 4.31 Å². The number of hydrogen-bond acceptors (Lipinski definition) is 5. The standard InChI is InChI=1S/C19H28FN3O5S/c1-22(14-18(24)21-10-3-13-28-2)19(25)15-8-11-23(12-9-15)29(26,27)17-6-4-16(20)5-7-17/h4-7,15H,3,8-14H2,1-2H3,(H,21,24). The number of likely N-dealkylation sites (N-methyl/N-ethyl adjacent to an activating group) is 1. The van der Waals surface area contributed by atoms with E-state index in [-0.39, 0.29) is 42.3 Å². The summed E-state index contributed by atoms with van der Waals surface area (Å²) in [5, 5.41) is 2.73. The number of carbonyl (C=O) groups excluding carboxylic acids is 2. The van der Waals surface area contributed by atoms with Gasteiger partial charge in [0, 0.05) is 46.3 Å². The van der Waals surface area contributed by atoms with Crippen molar-refractivity contribution in [3.05, 3.63) is 30.1 Å². The maximum atomic E-state index is 13.0. The van der Waals surface area contributed by atoms with Gasteiger partial charge in [-0.3, -0.25) is 9.59 Å². The molecule has 2 rings (SSSR count). The summed E-state index contributed by atoms with van der Waals surface area (Å²) in [5.74, 6) is -1.25. The van der Waals surface area contributed by atoms with Crippen LogP contribution in [0.15, 0.2) is 29.2 Å². The molecule has 0 unspecified atom stereocenters. The Bertz CT molecular complexity index is 793. The molecular formula is C19H28FN3O5S. The Hall–Kier alpha value is -2.04. The summed E-state index contributed by atoms with van der Waals surface area (Å²) in [6.07, 6.45) is 1.44. The summed E-state index contributed by atoms with van der Waals surface area (Å²) >= 11 is 0. The number of piperidine rings is 1. The van der Waals surface area contributed by atoms with Crippen LogP contribution in [0, 0.1) is 11.7 Å². The van der Waals surface area contributed by atoms with Crippen LogP contribution >= 0.6 is 0 Å². The fourth-order valence-corrected chi connectivity index (χ4v) is 4.67. The molecule has 0 radical (unpaired) electrons. The summed E-state index contributed by atoms with van der Waals surface area (Å²) in [6.45, 7) is 1.39. The Morgan fingerprint density at radius 1 is 1.24 bits per heavy atom. The van der Waals surface area contributed by atoms with Gasteiger partial charge in [-0.25, -0.2) is 12.8 Å². The number of ether oxygens (including phenoxy) is 1. The van der Waals surface area contributed by atoms with Crippen LogP contribution in [0.5, 0.6) is 0 Å². The maximum Gasteiger partial charge on any atom is 0.243 e. The van der Waals surface area contributed by atoms with Crippen molar-refractivity contribution in [3.8, 4) is 0 Å². The van der Waals surface area contributed by atoms with Crippen LogP contribution in [0.2, 0.25) is 0 Å². The first-order valence-electron chi connectivity index (χ1n) is 9.52. The van der Waals surface area contributed by atoms with Crippen molar-refractivity contribution in [2.45, 2.75) is 24.2 Å². The Morgan fingerprint density at radius 3 is 2.45 bits per heavy atom. The molecule has 162 valence electrons. The Kier molecular flexibility index (Phi) is 8.54. The van der Waals surface area contributed by atoms with E-state index < -0.39 is 15.8 Å². The van der Waals surface area contributed by atoms with Gasteiger partial charge < -0.3 is 15.0 Å². The van der Waals surface area contributed by atoms with Gasteiger partial charge in [0.25, 0.3) is 0 Å². The molecule has 10 heteroatoms. The topological polar surface area (TPSA) is 96.0 Å². The monoisotopic (exact) mass is 429 g/mol. The molecule has 1 N–H and O–H groups in total. The summed E-state index contributed by atoms with van der Waals surface area (Å²) in [4.78, 5) is 25.9. The van der Waals surface area contributed by atoms with E-state index in [1.165, 1.54) is 21.3 Å². The van der Waals surface area contributed by atoms with Crippen LogP contribution in [-0.4, -0.2) is 76.4 Å². The second-order valence-corrected chi connectivity index (χ2v) is 8.96. The third-order valence-electron chi connectivity index (χ3n) is 4.86. The molecule has 0 aliphatic carbocycles. The lowest BCUT2D eigenvalue weighted by atomic mass is 9.96. The molecule has 2 amide bonds. The first-order chi connectivity index (χ1) is 13.8. The van der Waals surface area contributed by atoms with Gasteiger partial charge in [0.1, 0.15) is 5.82 Å². The summed E-state index contributed by atoms with van der Waals surface area (Å²) in [6, 6.07) is 4.69. The third-order valence-corrected chi connectivity index (χ3v) is 6.77. The number of carbonyl (C=O) groups is 2. The van der Waals surface area contributed by atoms with Crippen LogP contribution in [0.1, 0.15) is 19.3 Å². The first kappa shape index (κ1) is 23.2. The second-order valence-electron chi connectivity index (χ2n) is 7.02. The smallest absolute Gasteiger partial charge is 0.243 e. The van der Waals surface area contributed by atoms with E-state index in [2.05, 4.69) is 5.32 Å². The number of hydrogen-bond donors (Lipinski definition) is 1. The molecule has 0 bridgehead atoms. The number of amides is 2.